The summed E-state index contributed by atoms with van der Waals surface area (Å²) in [7, 11) is 0. The predicted molar refractivity (Wildman–Crippen MR) is 233 cm³/mol. The molecule has 0 spiro atoms. The number of fused-ring (bicyclic) bond motifs is 4. The van der Waals surface area contributed by atoms with Crippen molar-refractivity contribution in [3.8, 4) is 55.6 Å². The van der Waals surface area contributed by atoms with Crippen LogP contribution in [0.3, 0.4) is 0 Å². The van der Waals surface area contributed by atoms with Crippen molar-refractivity contribution in [2.75, 3.05) is 0 Å². The normalized spacial score (nSPS) is 11.5. The summed E-state index contributed by atoms with van der Waals surface area (Å²) in [6, 6.07) is 71.4. The Morgan fingerprint density at radius 3 is 0.926 bits per heavy atom. The molecule has 0 atom stereocenters. The Morgan fingerprint density at radius 2 is 0.537 bits per heavy atom. The zero-order chi connectivity index (χ0) is 36.2. The van der Waals surface area contributed by atoms with Crippen LogP contribution >= 0.6 is 0 Å². The third-order valence-electron chi connectivity index (χ3n) is 11.3. The standard InChI is InChI=1S/C54H38/c1-35-33-51(41-29-25-39(26-30-41)45-23-11-15-37-13-3-5-17-43(37)45)47-19-7-9-21-49(47)53(35)54-36(2)34-52(48-20-8-10-22-50(48)54)42-31-27-40(28-32-42)46-24-12-16-38-14-4-6-18-44(38)46/h3-34H,1-2H3. The van der Waals surface area contributed by atoms with Crippen LogP contribution in [0.15, 0.2) is 194 Å². The summed E-state index contributed by atoms with van der Waals surface area (Å²) in [6.07, 6.45) is 0. The highest BCUT2D eigenvalue weighted by atomic mass is 14.2. The Labute approximate surface area is 316 Å². The lowest BCUT2D eigenvalue weighted by Crippen LogP contribution is -1.95. The van der Waals surface area contributed by atoms with E-state index in [-0.39, 0.29) is 0 Å². The first-order valence-corrected chi connectivity index (χ1v) is 18.8. The van der Waals surface area contributed by atoms with Gasteiger partial charge in [-0.1, -0.05) is 194 Å². The zero-order valence-electron chi connectivity index (χ0n) is 30.5. The molecule has 0 N–H and O–H groups in total. The summed E-state index contributed by atoms with van der Waals surface area (Å²) in [5.41, 5.74) is 15.2. The minimum Gasteiger partial charge on any atom is -0.0616 e. The van der Waals surface area contributed by atoms with Gasteiger partial charge in [0, 0.05) is 0 Å². The van der Waals surface area contributed by atoms with E-state index in [4.69, 9.17) is 0 Å². The minimum absolute atomic E-state index is 1.23. The van der Waals surface area contributed by atoms with Crippen LogP contribution in [-0.4, -0.2) is 0 Å². The van der Waals surface area contributed by atoms with Crippen LogP contribution in [0.25, 0.3) is 98.7 Å². The van der Waals surface area contributed by atoms with Crippen LogP contribution in [0, 0.1) is 13.8 Å². The van der Waals surface area contributed by atoms with Crippen molar-refractivity contribution in [1.82, 2.24) is 0 Å². The fourth-order valence-electron chi connectivity index (χ4n) is 8.78. The lowest BCUT2D eigenvalue weighted by Gasteiger charge is -2.21. The molecule has 10 rings (SSSR count). The highest BCUT2D eigenvalue weighted by molar-refractivity contribution is 6.14. The van der Waals surface area contributed by atoms with Gasteiger partial charge in [0.2, 0.25) is 0 Å². The van der Waals surface area contributed by atoms with Crippen LogP contribution < -0.4 is 0 Å². The monoisotopic (exact) mass is 686 g/mol. The van der Waals surface area contributed by atoms with E-state index in [1.54, 1.807) is 0 Å². The summed E-state index contributed by atoms with van der Waals surface area (Å²) in [4.78, 5) is 0. The second kappa shape index (κ2) is 13.0. The fraction of sp³-hybridized carbons (Fsp3) is 0.0370. The highest BCUT2D eigenvalue weighted by Crippen LogP contribution is 2.45. The van der Waals surface area contributed by atoms with E-state index in [0.29, 0.717) is 0 Å². The average Bonchev–Trinajstić information content (AvgIpc) is 3.23. The predicted octanol–water partition coefficient (Wildman–Crippen LogP) is 15.3. The molecule has 10 aromatic rings. The molecule has 0 heterocycles. The van der Waals surface area contributed by atoms with Crippen LogP contribution in [0.1, 0.15) is 11.1 Å². The first-order valence-electron chi connectivity index (χ1n) is 18.8. The highest BCUT2D eigenvalue weighted by Gasteiger charge is 2.19. The molecule has 0 aliphatic carbocycles. The Morgan fingerprint density at radius 1 is 0.241 bits per heavy atom. The molecule has 10 aromatic carbocycles. The molecule has 0 aromatic heterocycles. The molecule has 0 amide bonds. The second-order valence-electron chi connectivity index (χ2n) is 14.5. The van der Waals surface area contributed by atoms with Crippen molar-refractivity contribution >= 4 is 43.1 Å². The average molecular weight is 687 g/mol. The summed E-state index contributed by atoms with van der Waals surface area (Å²) in [5, 5.41) is 10.2. The topological polar surface area (TPSA) is 0 Å². The number of hydrogen-bond acceptors (Lipinski definition) is 0. The Kier molecular flexibility index (Phi) is 7.70. The van der Waals surface area contributed by atoms with E-state index in [1.165, 1.54) is 110 Å². The first kappa shape index (κ1) is 31.9. The molecule has 0 heteroatoms. The van der Waals surface area contributed by atoms with E-state index in [1.807, 2.05) is 0 Å². The lowest BCUT2D eigenvalue weighted by atomic mass is 9.83. The number of benzene rings is 10. The summed E-state index contributed by atoms with van der Waals surface area (Å²) < 4.78 is 0. The lowest BCUT2D eigenvalue weighted by molar-refractivity contribution is 1.44. The maximum absolute atomic E-state index is 2.40. The molecule has 0 aliphatic heterocycles. The molecule has 0 radical (unpaired) electrons. The molecular formula is C54H38. The Bertz CT molecular complexity index is 2810. The fourth-order valence-corrected chi connectivity index (χ4v) is 8.78. The molecular weight excluding hydrogens is 649 g/mol. The molecule has 254 valence electrons. The van der Waals surface area contributed by atoms with Gasteiger partial charge in [0.15, 0.2) is 0 Å². The molecule has 0 aliphatic rings. The van der Waals surface area contributed by atoms with Crippen molar-refractivity contribution < 1.29 is 0 Å². The van der Waals surface area contributed by atoms with Gasteiger partial charge in [-0.2, -0.15) is 0 Å². The van der Waals surface area contributed by atoms with Crippen LogP contribution in [-0.2, 0) is 0 Å². The molecule has 0 nitrogen and oxygen atoms in total. The zero-order valence-corrected chi connectivity index (χ0v) is 30.5. The summed E-state index contributed by atoms with van der Waals surface area (Å²) in [5.74, 6) is 0. The van der Waals surface area contributed by atoms with Crippen LogP contribution in [0.4, 0.5) is 0 Å². The van der Waals surface area contributed by atoms with Gasteiger partial charge in [0.25, 0.3) is 0 Å². The van der Waals surface area contributed by atoms with E-state index in [9.17, 15) is 0 Å². The van der Waals surface area contributed by atoms with E-state index in [0.717, 1.165) is 0 Å². The maximum atomic E-state index is 2.40. The van der Waals surface area contributed by atoms with Gasteiger partial charge in [-0.3, -0.25) is 0 Å². The van der Waals surface area contributed by atoms with Crippen molar-refractivity contribution in [1.29, 1.82) is 0 Å². The summed E-state index contributed by atoms with van der Waals surface area (Å²) >= 11 is 0. The van der Waals surface area contributed by atoms with Gasteiger partial charge in [0.1, 0.15) is 0 Å². The Balaban J connectivity index is 1.07. The Hall–Kier alpha value is -6.76. The van der Waals surface area contributed by atoms with E-state index in [2.05, 4.69) is 208 Å². The van der Waals surface area contributed by atoms with Gasteiger partial charge >= 0.3 is 0 Å². The molecule has 0 saturated heterocycles. The third-order valence-corrected chi connectivity index (χ3v) is 11.3. The second-order valence-corrected chi connectivity index (χ2v) is 14.5. The molecule has 0 bridgehead atoms. The van der Waals surface area contributed by atoms with Gasteiger partial charge in [-0.25, -0.2) is 0 Å². The quantitative estimate of drug-likeness (QED) is 0.169. The van der Waals surface area contributed by atoms with Gasteiger partial charge in [-0.15, -0.1) is 0 Å². The van der Waals surface area contributed by atoms with Gasteiger partial charge in [0.05, 0.1) is 0 Å². The van der Waals surface area contributed by atoms with Crippen molar-refractivity contribution in [2.24, 2.45) is 0 Å². The van der Waals surface area contributed by atoms with E-state index >= 15 is 0 Å². The van der Waals surface area contributed by atoms with Crippen molar-refractivity contribution in [2.45, 2.75) is 13.8 Å². The van der Waals surface area contributed by atoms with Crippen molar-refractivity contribution in [3.05, 3.63) is 205 Å². The van der Waals surface area contributed by atoms with Gasteiger partial charge in [-0.05, 0) is 124 Å². The molecule has 54 heavy (non-hydrogen) atoms. The van der Waals surface area contributed by atoms with Crippen molar-refractivity contribution in [3.63, 3.8) is 0 Å². The SMILES string of the molecule is Cc1cc(-c2ccc(-c3cccc4ccccc34)cc2)c2ccccc2c1-c1c(C)cc(-c2ccc(-c3cccc4ccccc34)cc2)c2ccccc12. The van der Waals surface area contributed by atoms with Crippen LogP contribution in [0.5, 0.6) is 0 Å². The maximum Gasteiger partial charge on any atom is -0.00668 e. The smallest absolute Gasteiger partial charge is 0.00668 e. The van der Waals surface area contributed by atoms with Crippen LogP contribution in [0.2, 0.25) is 0 Å². The molecule has 0 saturated carbocycles. The van der Waals surface area contributed by atoms with E-state index < -0.39 is 0 Å². The third kappa shape index (κ3) is 5.30. The largest absolute Gasteiger partial charge is 0.0616 e. The number of aryl methyl sites for hydroxylation is 2. The summed E-state index contributed by atoms with van der Waals surface area (Å²) in [6.45, 7) is 4.56. The first-order chi connectivity index (χ1) is 26.6. The minimum atomic E-state index is 1.23. The number of hydrogen-bond donors (Lipinski definition) is 0. The van der Waals surface area contributed by atoms with Gasteiger partial charge < -0.3 is 0 Å². The number of rotatable bonds is 5. The molecule has 0 fully saturated rings. The molecule has 0 unspecified atom stereocenters.